The monoisotopic (exact) mass is 221 g/mol. The molecule has 0 amide bonds. The zero-order valence-electron chi connectivity index (χ0n) is 10.1. The predicted molar refractivity (Wildman–Crippen MR) is 64.1 cm³/mol. The van der Waals surface area contributed by atoms with Crippen molar-refractivity contribution in [3.8, 4) is 0 Å². The molecule has 0 spiro atoms. The number of benzene rings is 1. The molecule has 16 heavy (non-hydrogen) atoms. The van der Waals surface area contributed by atoms with E-state index in [1.807, 2.05) is 44.3 Å². The Morgan fingerprint density at radius 1 is 1.38 bits per heavy atom. The fourth-order valence-corrected chi connectivity index (χ4v) is 1.48. The lowest BCUT2D eigenvalue weighted by molar-refractivity contribution is -0.150. The molecule has 1 N–H and O–H groups in total. The van der Waals surface area contributed by atoms with Crippen molar-refractivity contribution in [1.29, 1.82) is 0 Å². The van der Waals surface area contributed by atoms with Gasteiger partial charge < -0.3 is 10.1 Å². The summed E-state index contributed by atoms with van der Waals surface area (Å²) in [6, 6.07) is 9.89. The first-order valence-corrected chi connectivity index (χ1v) is 5.60. The highest BCUT2D eigenvalue weighted by atomic mass is 16.5. The van der Waals surface area contributed by atoms with Gasteiger partial charge in [0.05, 0.1) is 0 Å². The standard InChI is InChI=1S/C13H19NO2/c1-4-12(15)16-13(10(2)14-3)11-8-6-5-7-9-11/h5-10,13-14H,4H2,1-3H3. The quantitative estimate of drug-likeness (QED) is 0.775. The van der Waals surface area contributed by atoms with Crippen LogP contribution in [0, 0.1) is 0 Å². The van der Waals surface area contributed by atoms with Crippen LogP contribution >= 0.6 is 0 Å². The lowest BCUT2D eigenvalue weighted by Gasteiger charge is -2.24. The average molecular weight is 221 g/mol. The Morgan fingerprint density at radius 3 is 2.50 bits per heavy atom. The van der Waals surface area contributed by atoms with Crippen molar-refractivity contribution < 1.29 is 9.53 Å². The van der Waals surface area contributed by atoms with E-state index in [0.717, 1.165) is 5.56 Å². The highest BCUT2D eigenvalue weighted by Gasteiger charge is 2.21. The SMILES string of the molecule is CCC(=O)OC(c1ccccc1)C(C)NC. The Balaban J connectivity index is 2.83. The molecule has 2 unspecified atom stereocenters. The predicted octanol–water partition coefficient (Wildman–Crippen LogP) is 2.29. The summed E-state index contributed by atoms with van der Waals surface area (Å²) in [5.41, 5.74) is 1.02. The Hall–Kier alpha value is -1.35. The van der Waals surface area contributed by atoms with Gasteiger partial charge in [-0.2, -0.15) is 0 Å². The number of nitrogens with one attached hydrogen (secondary N) is 1. The third-order valence-electron chi connectivity index (χ3n) is 2.58. The van der Waals surface area contributed by atoms with Gasteiger partial charge in [0.1, 0.15) is 6.10 Å². The first-order chi connectivity index (χ1) is 7.69. The van der Waals surface area contributed by atoms with Gasteiger partial charge in [-0.1, -0.05) is 37.3 Å². The molecule has 88 valence electrons. The number of rotatable bonds is 5. The first kappa shape index (κ1) is 12.7. The van der Waals surface area contributed by atoms with Gasteiger partial charge in [0.2, 0.25) is 0 Å². The summed E-state index contributed by atoms with van der Waals surface area (Å²) >= 11 is 0. The Morgan fingerprint density at radius 2 is 2.00 bits per heavy atom. The smallest absolute Gasteiger partial charge is 0.306 e. The zero-order valence-corrected chi connectivity index (χ0v) is 10.1. The molecular formula is C13H19NO2. The van der Waals surface area contributed by atoms with Crippen LogP contribution in [0.5, 0.6) is 0 Å². The van der Waals surface area contributed by atoms with Crippen LogP contribution in [0.3, 0.4) is 0 Å². The second kappa shape index (κ2) is 6.28. The van der Waals surface area contributed by atoms with Crippen LogP contribution in [-0.2, 0) is 9.53 Å². The van der Waals surface area contributed by atoms with Crippen LogP contribution < -0.4 is 5.32 Å². The van der Waals surface area contributed by atoms with Gasteiger partial charge >= 0.3 is 5.97 Å². The van der Waals surface area contributed by atoms with E-state index in [-0.39, 0.29) is 18.1 Å². The molecule has 0 saturated carbocycles. The average Bonchev–Trinajstić information content (AvgIpc) is 2.35. The van der Waals surface area contributed by atoms with E-state index in [1.165, 1.54) is 0 Å². The maximum absolute atomic E-state index is 11.4. The number of carbonyl (C=O) groups is 1. The molecule has 0 radical (unpaired) electrons. The summed E-state index contributed by atoms with van der Waals surface area (Å²) < 4.78 is 5.44. The molecule has 1 aromatic carbocycles. The van der Waals surface area contributed by atoms with Crippen LogP contribution in [0.1, 0.15) is 31.9 Å². The lowest BCUT2D eigenvalue weighted by Crippen LogP contribution is -2.31. The minimum Gasteiger partial charge on any atom is -0.456 e. The van der Waals surface area contributed by atoms with Gasteiger partial charge in [-0.15, -0.1) is 0 Å². The van der Waals surface area contributed by atoms with Gasteiger partial charge in [-0.25, -0.2) is 0 Å². The van der Waals surface area contributed by atoms with Crippen LogP contribution in [0.25, 0.3) is 0 Å². The van der Waals surface area contributed by atoms with E-state index in [9.17, 15) is 4.79 Å². The van der Waals surface area contributed by atoms with Crippen molar-refractivity contribution in [3.63, 3.8) is 0 Å². The van der Waals surface area contributed by atoms with E-state index in [1.54, 1.807) is 6.92 Å². The summed E-state index contributed by atoms with van der Waals surface area (Å²) in [4.78, 5) is 11.4. The normalized spacial score (nSPS) is 14.2. The molecular weight excluding hydrogens is 202 g/mol. The summed E-state index contributed by atoms with van der Waals surface area (Å²) in [6.45, 7) is 3.80. The molecule has 0 aliphatic carbocycles. The van der Waals surface area contributed by atoms with Crippen molar-refractivity contribution in [3.05, 3.63) is 35.9 Å². The van der Waals surface area contributed by atoms with Gasteiger partial charge in [-0.3, -0.25) is 4.79 Å². The molecule has 0 fully saturated rings. The molecule has 0 aromatic heterocycles. The summed E-state index contributed by atoms with van der Waals surface area (Å²) in [6.07, 6.45) is 0.179. The molecule has 0 saturated heterocycles. The minimum absolute atomic E-state index is 0.0953. The van der Waals surface area contributed by atoms with Crippen LogP contribution in [-0.4, -0.2) is 19.1 Å². The van der Waals surface area contributed by atoms with Crippen molar-refractivity contribution >= 4 is 5.97 Å². The molecule has 0 aliphatic rings. The zero-order chi connectivity index (χ0) is 12.0. The number of hydrogen-bond acceptors (Lipinski definition) is 3. The van der Waals surface area contributed by atoms with Crippen LogP contribution in [0.15, 0.2) is 30.3 Å². The van der Waals surface area contributed by atoms with E-state index < -0.39 is 0 Å². The molecule has 1 rings (SSSR count). The van der Waals surface area contributed by atoms with Gasteiger partial charge in [0.15, 0.2) is 0 Å². The molecule has 0 heterocycles. The number of ether oxygens (including phenoxy) is 1. The number of hydrogen-bond donors (Lipinski definition) is 1. The number of carbonyl (C=O) groups excluding carboxylic acids is 1. The fourth-order valence-electron chi connectivity index (χ4n) is 1.48. The first-order valence-electron chi connectivity index (χ1n) is 5.60. The maximum atomic E-state index is 11.4. The second-order valence-corrected chi connectivity index (χ2v) is 3.75. The molecule has 3 heteroatoms. The fraction of sp³-hybridized carbons (Fsp3) is 0.462. The van der Waals surface area contributed by atoms with Crippen molar-refractivity contribution in [2.45, 2.75) is 32.4 Å². The van der Waals surface area contributed by atoms with Crippen molar-refractivity contribution in [2.75, 3.05) is 7.05 Å². The largest absolute Gasteiger partial charge is 0.456 e. The summed E-state index contributed by atoms with van der Waals surface area (Å²) in [7, 11) is 1.86. The topological polar surface area (TPSA) is 38.3 Å². The van der Waals surface area contributed by atoms with E-state index in [0.29, 0.717) is 6.42 Å². The van der Waals surface area contributed by atoms with Gasteiger partial charge in [-0.05, 0) is 19.5 Å². The highest BCUT2D eigenvalue weighted by Crippen LogP contribution is 2.21. The molecule has 0 bridgehead atoms. The van der Waals surface area contributed by atoms with Gasteiger partial charge in [0, 0.05) is 12.5 Å². The van der Waals surface area contributed by atoms with Crippen LogP contribution in [0.2, 0.25) is 0 Å². The summed E-state index contributed by atoms with van der Waals surface area (Å²) in [5, 5.41) is 3.12. The Bertz CT molecular complexity index is 324. The number of likely N-dealkylation sites (N-methyl/N-ethyl adjacent to an activating group) is 1. The van der Waals surface area contributed by atoms with E-state index in [2.05, 4.69) is 5.32 Å². The summed E-state index contributed by atoms with van der Waals surface area (Å²) in [5.74, 6) is -0.170. The van der Waals surface area contributed by atoms with E-state index >= 15 is 0 Å². The number of esters is 1. The third kappa shape index (κ3) is 3.35. The highest BCUT2D eigenvalue weighted by molar-refractivity contribution is 5.69. The maximum Gasteiger partial charge on any atom is 0.306 e. The second-order valence-electron chi connectivity index (χ2n) is 3.75. The van der Waals surface area contributed by atoms with Crippen LogP contribution in [0.4, 0.5) is 0 Å². The van der Waals surface area contributed by atoms with Crippen molar-refractivity contribution in [1.82, 2.24) is 5.32 Å². The molecule has 2 atom stereocenters. The van der Waals surface area contributed by atoms with Crippen molar-refractivity contribution in [2.24, 2.45) is 0 Å². The Kier molecular flexibility index (Phi) is 4.99. The molecule has 1 aromatic rings. The third-order valence-corrected chi connectivity index (χ3v) is 2.58. The minimum atomic E-state index is -0.223. The van der Waals surface area contributed by atoms with Gasteiger partial charge in [0.25, 0.3) is 0 Å². The molecule has 0 aliphatic heterocycles. The lowest BCUT2D eigenvalue weighted by atomic mass is 10.0. The Labute approximate surface area is 96.8 Å². The molecule has 3 nitrogen and oxygen atoms in total. The van der Waals surface area contributed by atoms with E-state index in [4.69, 9.17) is 4.74 Å².